The number of nitrogens with one attached hydrogen (secondary N) is 3. The van der Waals surface area contributed by atoms with E-state index >= 15 is 0 Å². The molecule has 1 aromatic rings. The van der Waals surface area contributed by atoms with Crippen LogP contribution in [-0.2, 0) is 44.5 Å². The second-order valence-corrected chi connectivity index (χ2v) is 12.5. The van der Waals surface area contributed by atoms with Gasteiger partial charge in [0.15, 0.2) is 0 Å². The predicted molar refractivity (Wildman–Crippen MR) is 166 cm³/mol. The number of hydrogen-bond donors (Lipinski definition) is 8. The van der Waals surface area contributed by atoms with Gasteiger partial charge in [-0.3, -0.25) is 38.6 Å². The van der Waals surface area contributed by atoms with Crippen molar-refractivity contribution < 1.29 is 67.8 Å². The van der Waals surface area contributed by atoms with Crippen LogP contribution >= 0.6 is 7.82 Å². The highest BCUT2D eigenvalue weighted by molar-refractivity contribution is 7.46. The molecule has 0 aliphatic heterocycles. The van der Waals surface area contributed by atoms with Crippen LogP contribution in [0.15, 0.2) is 24.3 Å². The van der Waals surface area contributed by atoms with Gasteiger partial charge in [-0.15, -0.1) is 0 Å². The highest BCUT2D eigenvalue weighted by Gasteiger charge is 2.33. The van der Waals surface area contributed by atoms with Gasteiger partial charge in [-0.1, -0.05) is 32.4 Å². The highest BCUT2D eigenvalue weighted by atomic mass is 31.2. The van der Waals surface area contributed by atoms with Gasteiger partial charge in [-0.25, -0.2) is 9.36 Å². The summed E-state index contributed by atoms with van der Waals surface area (Å²) in [5.41, 5.74) is 0.436. The van der Waals surface area contributed by atoms with E-state index in [1.54, 1.807) is 13.8 Å². The first-order valence-corrected chi connectivity index (χ1v) is 16.4. The Morgan fingerprint density at radius 3 is 1.71 bits per heavy atom. The quantitative estimate of drug-likeness (QED) is 0.0790. The smallest absolute Gasteiger partial charge is 0.481 e. The van der Waals surface area contributed by atoms with E-state index in [2.05, 4.69) is 20.5 Å². The van der Waals surface area contributed by atoms with E-state index < -0.39 is 105 Å². The number of carboxylic acids is 3. The van der Waals surface area contributed by atoms with E-state index in [4.69, 9.17) is 9.79 Å². The van der Waals surface area contributed by atoms with Gasteiger partial charge in [0.2, 0.25) is 23.6 Å². The van der Waals surface area contributed by atoms with Crippen LogP contribution in [0.2, 0.25) is 0 Å². The number of nitrogens with zero attached hydrogens (tertiary/aromatic N) is 1. The summed E-state index contributed by atoms with van der Waals surface area (Å²) in [6.45, 7) is 3.27. The predicted octanol–water partition coefficient (Wildman–Crippen LogP) is 0.110. The first-order valence-electron chi connectivity index (χ1n) is 14.9. The standard InChI is InChI=1S/C29H43N4O14P/c1-5-16(2)25(29(42)43)32-28(41)21(11-13-24(37)38)31-27(40)20(10-12-23(35)36)30-26(39)18(15-22(34)33(3)4)14-17-6-8-19(9-7-17)47-48(44,45)46/h6-9,16,18,20-21,25H,5,10-15H2,1-4H3,(H,30,39)(H,31,40)(H,32,41)(H,35,36)(H,37,38)(H,42,43)(H2,44,45,46)/t16-,18+,20-,21-,25-/m0/s1. The Morgan fingerprint density at radius 2 is 1.29 bits per heavy atom. The third-order valence-electron chi connectivity index (χ3n) is 7.26. The molecule has 0 aromatic heterocycles. The van der Waals surface area contributed by atoms with Crippen LogP contribution in [0.4, 0.5) is 0 Å². The van der Waals surface area contributed by atoms with Crippen molar-refractivity contribution in [1.82, 2.24) is 20.9 Å². The maximum Gasteiger partial charge on any atom is 0.524 e. The van der Waals surface area contributed by atoms with E-state index in [9.17, 15) is 53.4 Å². The molecule has 0 aliphatic carbocycles. The molecule has 0 spiro atoms. The SMILES string of the molecule is CC[C@H](C)[C@H](NC(=O)[C@H](CCC(=O)O)NC(=O)[C@H](CCC(=O)O)NC(=O)[C@@H](CC(=O)N(C)C)Cc1ccc(OP(=O)(O)O)cc1)C(=O)O. The van der Waals surface area contributed by atoms with Crippen molar-refractivity contribution in [3.63, 3.8) is 0 Å². The van der Waals surface area contributed by atoms with Crippen LogP contribution in [-0.4, -0.2) is 104 Å². The Morgan fingerprint density at radius 1 is 0.812 bits per heavy atom. The minimum atomic E-state index is -4.83. The van der Waals surface area contributed by atoms with Gasteiger partial charge < -0.3 is 40.7 Å². The summed E-state index contributed by atoms with van der Waals surface area (Å²) in [7, 11) is -1.93. The van der Waals surface area contributed by atoms with Crippen molar-refractivity contribution in [3.8, 4) is 5.75 Å². The molecule has 0 heterocycles. The Balaban J connectivity index is 3.32. The zero-order valence-corrected chi connectivity index (χ0v) is 27.8. The molecule has 0 bridgehead atoms. The number of phosphoric acid groups is 1. The van der Waals surface area contributed by atoms with Gasteiger partial charge in [-0.2, -0.15) is 0 Å². The number of carbonyl (C=O) groups is 7. The second-order valence-electron chi connectivity index (χ2n) is 11.3. The van der Waals surface area contributed by atoms with Gasteiger partial charge in [-0.05, 0) is 42.9 Å². The Labute approximate surface area is 276 Å². The summed E-state index contributed by atoms with van der Waals surface area (Å²) in [4.78, 5) is 106. The van der Waals surface area contributed by atoms with Gasteiger partial charge in [0.25, 0.3) is 0 Å². The average Bonchev–Trinajstić information content (AvgIpc) is 2.98. The maximum absolute atomic E-state index is 13.5. The van der Waals surface area contributed by atoms with E-state index in [0.29, 0.717) is 12.0 Å². The molecule has 1 aromatic carbocycles. The van der Waals surface area contributed by atoms with E-state index in [0.717, 1.165) is 0 Å². The molecule has 0 radical (unpaired) electrons. The second kappa shape index (κ2) is 19.3. The number of phosphoric ester groups is 1. The number of amides is 4. The fourth-order valence-electron chi connectivity index (χ4n) is 4.33. The van der Waals surface area contributed by atoms with Gasteiger partial charge in [0.05, 0.1) is 5.92 Å². The first-order chi connectivity index (χ1) is 22.2. The van der Waals surface area contributed by atoms with Crippen molar-refractivity contribution in [2.75, 3.05) is 14.1 Å². The number of benzene rings is 1. The molecule has 4 amide bonds. The molecule has 8 N–H and O–H groups in total. The Hall–Kier alpha value is -4.54. The fraction of sp³-hybridized carbons (Fsp3) is 0.552. The number of carbonyl (C=O) groups excluding carboxylic acids is 4. The van der Waals surface area contributed by atoms with Crippen LogP contribution in [0.1, 0.15) is 57.9 Å². The topological polar surface area (TPSA) is 286 Å². The Bertz CT molecular complexity index is 1360. The van der Waals surface area contributed by atoms with Crippen molar-refractivity contribution in [2.45, 2.75) is 76.9 Å². The Kier molecular flexibility index (Phi) is 16.7. The minimum Gasteiger partial charge on any atom is -0.481 e. The largest absolute Gasteiger partial charge is 0.524 e. The molecule has 19 heteroatoms. The highest BCUT2D eigenvalue weighted by Crippen LogP contribution is 2.37. The van der Waals surface area contributed by atoms with Crippen LogP contribution in [0.3, 0.4) is 0 Å². The van der Waals surface area contributed by atoms with Crippen molar-refractivity contribution in [2.24, 2.45) is 11.8 Å². The summed E-state index contributed by atoms with van der Waals surface area (Å²) in [6, 6.07) is 0.766. The summed E-state index contributed by atoms with van der Waals surface area (Å²) in [5.74, 6) is -9.18. The molecule has 0 saturated heterocycles. The van der Waals surface area contributed by atoms with Gasteiger partial charge >= 0.3 is 25.7 Å². The zero-order valence-electron chi connectivity index (χ0n) is 27.0. The molecule has 0 unspecified atom stereocenters. The summed E-state index contributed by atoms with van der Waals surface area (Å²) >= 11 is 0. The van der Waals surface area contributed by atoms with Crippen molar-refractivity contribution in [3.05, 3.63) is 29.8 Å². The molecule has 18 nitrogen and oxygen atoms in total. The maximum atomic E-state index is 13.5. The minimum absolute atomic E-state index is 0.106. The number of rotatable bonds is 21. The van der Waals surface area contributed by atoms with Crippen LogP contribution < -0.4 is 20.5 Å². The lowest BCUT2D eigenvalue weighted by Crippen LogP contribution is -2.57. The third-order valence-corrected chi connectivity index (χ3v) is 7.71. The lowest BCUT2D eigenvalue weighted by molar-refractivity contribution is -0.144. The molecular formula is C29H43N4O14P. The average molecular weight is 703 g/mol. The molecule has 0 saturated carbocycles. The number of hydrogen-bond acceptors (Lipinski definition) is 9. The summed E-state index contributed by atoms with van der Waals surface area (Å²) in [5, 5.41) is 35.0. The van der Waals surface area contributed by atoms with Gasteiger partial charge in [0.1, 0.15) is 23.9 Å². The third kappa shape index (κ3) is 15.4. The van der Waals surface area contributed by atoms with E-state index in [-0.39, 0.29) is 18.6 Å². The first kappa shape index (κ1) is 41.5. The number of aliphatic carboxylic acids is 3. The zero-order chi connectivity index (χ0) is 36.8. The number of carboxylic acid groups (broad SMARTS) is 3. The molecule has 0 aliphatic rings. The molecule has 268 valence electrons. The van der Waals surface area contributed by atoms with Crippen LogP contribution in [0, 0.1) is 11.8 Å². The summed E-state index contributed by atoms with van der Waals surface area (Å²) in [6.07, 6.45) is -2.22. The van der Waals surface area contributed by atoms with Crippen molar-refractivity contribution in [1.29, 1.82) is 0 Å². The van der Waals surface area contributed by atoms with E-state index in [1.165, 1.54) is 43.3 Å². The van der Waals surface area contributed by atoms with Gasteiger partial charge in [0, 0.05) is 33.4 Å². The summed E-state index contributed by atoms with van der Waals surface area (Å²) < 4.78 is 15.6. The molecule has 1 rings (SSSR count). The van der Waals surface area contributed by atoms with Crippen LogP contribution in [0.25, 0.3) is 0 Å². The van der Waals surface area contributed by atoms with E-state index in [1.807, 2.05) is 0 Å². The fourth-order valence-corrected chi connectivity index (χ4v) is 4.73. The molecule has 0 fully saturated rings. The monoisotopic (exact) mass is 702 g/mol. The lowest BCUT2D eigenvalue weighted by Gasteiger charge is -2.27. The molecule has 5 atom stereocenters. The molecular weight excluding hydrogens is 659 g/mol. The molecule has 48 heavy (non-hydrogen) atoms. The normalized spacial score (nSPS) is 14.3. The van der Waals surface area contributed by atoms with Crippen LogP contribution in [0.5, 0.6) is 5.75 Å². The van der Waals surface area contributed by atoms with Crippen molar-refractivity contribution >= 4 is 49.4 Å². The lowest BCUT2D eigenvalue weighted by atomic mass is 9.94.